The number of nitrogens with one attached hydrogen (secondary N) is 3. The van der Waals surface area contributed by atoms with Crippen molar-refractivity contribution in [3.05, 3.63) is 76.2 Å². The summed E-state index contributed by atoms with van der Waals surface area (Å²) >= 11 is 1.66. The van der Waals surface area contributed by atoms with E-state index in [0.717, 1.165) is 35.2 Å². The molecular formula is C25H31N7O4S2. The van der Waals surface area contributed by atoms with E-state index in [2.05, 4.69) is 30.2 Å². The lowest BCUT2D eigenvalue weighted by atomic mass is 10.1. The van der Waals surface area contributed by atoms with Gasteiger partial charge < -0.3 is 15.5 Å². The van der Waals surface area contributed by atoms with E-state index in [0.29, 0.717) is 25.3 Å². The summed E-state index contributed by atoms with van der Waals surface area (Å²) in [6, 6.07) is 13.8. The van der Waals surface area contributed by atoms with Crippen molar-refractivity contribution in [1.82, 2.24) is 20.2 Å². The lowest BCUT2D eigenvalue weighted by Gasteiger charge is -2.22. The Kier molecular flexibility index (Phi) is 9.15. The number of rotatable bonds is 12. The molecule has 3 N–H and O–H groups in total. The maximum absolute atomic E-state index is 13.2. The molecule has 0 unspecified atom stereocenters. The summed E-state index contributed by atoms with van der Waals surface area (Å²) in [5.41, 5.74) is 1.42. The molecule has 11 nitrogen and oxygen atoms in total. The second-order valence-electron chi connectivity index (χ2n) is 9.17. The average Bonchev–Trinajstić information content (AvgIpc) is 2.90. The van der Waals surface area contributed by atoms with Gasteiger partial charge in [0.1, 0.15) is 17.8 Å². The number of thioether (sulfide) groups is 1. The average molecular weight is 558 g/mol. The number of aromatic nitrogens is 2. The van der Waals surface area contributed by atoms with E-state index in [4.69, 9.17) is 0 Å². The largest absolute Gasteiger partial charge is 0.376 e. The van der Waals surface area contributed by atoms with Crippen LogP contribution >= 0.6 is 11.8 Å². The van der Waals surface area contributed by atoms with E-state index in [1.807, 2.05) is 44.4 Å². The summed E-state index contributed by atoms with van der Waals surface area (Å²) in [5, 5.41) is 18.5. The lowest BCUT2D eigenvalue weighted by molar-refractivity contribution is -0.384. The molecule has 0 amide bonds. The number of sulfonamides is 1. The number of nitro benzene ring substituents is 1. The maximum Gasteiger partial charge on any atom is 0.293 e. The Morgan fingerprint density at radius 1 is 1.18 bits per heavy atom. The number of nitrogens with zero attached hydrogens (tertiary/aromatic N) is 4. The van der Waals surface area contributed by atoms with Crippen molar-refractivity contribution in [2.75, 3.05) is 43.0 Å². The van der Waals surface area contributed by atoms with E-state index < -0.39 is 14.9 Å². The van der Waals surface area contributed by atoms with Crippen LogP contribution in [0.3, 0.4) is 0 Å². The zero-order chi connectivity index (χ0) is 27.1. The van der Waals surface area contributed by atoms with Crippen LogP contribution in [0, 0.1) is 10.1 Å². The molecule has 1 aliphatic rings. The van der Waals surface area contributed by atoms with Gasteiger partial charge in [-0.2, -0.15) is 0 Å². The second-order valence-corrected chi connectivity index (χ2v) is 11.9. The Balaban J connectivity index is 1.56. The summed E-state index contributed by atoms with van der Waals surface area (Å²) in [4.78, 5) is 22.7. The topological polar surface area (TPSA) is 142 Å². The van der Waals surface area contributed by atoms with Crippen molar-refractivity contribution < 1.29 is 13.3 Å². The normalized spacial score (nSPS) is 14.1. The molecule has 3 aromatic rings. The molecule has 13 heteroatoms. The third-order valence-electron chi connectivity index (χ3n) is 6.06. The van der Waals surface area contributed by atoms with Crippen LogP contribution in [0.2, 0.25) is 0 Å². The molecule has 0 aliphatic carbocycles. The first-order valence-electron chi connectivity index (χ1n) is 12.2. The first-order valence-corrected chi connectivity index (χ1v) is 14.6. The van der Waals surface area contributed by atoms with Crippen LogP contribution in [0.1, 0.15) is 17.7 Å². The summed E-state index contributed by atoms with van der Waals surface area (Å²) in [6.45, 7) is 1.99. The number of hydrogen-bond donors (Lipinski definition) is 3. The van der Waals surface area contributed by atoms with Crippen LogP contribution in [0.25, 0.3) is 0 Å². The van der Waals surface area contributed by atoms with E-state index >= 15 is 0 Å². The predicted molar refractivity (Wildman–Crippen MR) is 149 cm³/mol. The smallest absolute Gasteiger partial charge is 0.293 e. The van der Waals surface area contributed by atoms with Crippen molar-refractivity contribution in [2.45, 2.75) is 35.2 Å². The molecule has 0 bridgehead atoms. The van der Waals surface area contributed by atoms with E-state index in [-0.39, 0.29) is 28.1 Å². The highest BCUT2D eigenvalue weighted by molar-refractivity contribution is 7.99. The van der Waals surface area contributed by atoms with Gasteiger partial charge in [-0.25, -0.2) is 18.4 Å². The van der Waals surface area contributed by atoms with Crippen molar-refractivity contribution in [2.24, 2.45) is 0 Å². The molecule has 1 aromatic heterocycles. The maximum atomic E-state index is 13.2. The van der Waals surface area contributed by atoms with Gasteiger partial charge in [0.15, 0.2) is 0 Å². The SMILES string of the molecule is CN(C)CC[C@H](CSc1ccccc1)Nc1ccc(S(=O)(=O)Nc2ncnc3c2CCNC3)cc1[N+](=O)[O-]. The fourth-order valence-electron chi connectivity index (χ4n) is 4.05. The van der Waals surface area contributed by atoms with Gasteiger partial charge in [0.2, 0.25) is 0 Å². The van der Waals surface area contributed by atoms with Crippen LogP contribution in [0.15, 0.2) is 64.6 Å². The third kappa shape index (κ3) is 7.19. The number of anilines is 2. The van der Waals surface area contributed by atoms with Gasteiger partial charge in [0.05, 0.1) is 15.5 Å². The van der Waals surface area contributed by atoms with Gasteiger partial charge in [-0.1, -0.05) is 18.2 Å². The standard InChI is InChI=1S/C25H31N7O4S2/c1-31(2)13-11-18(16-37-19-6-4-3-5-7-19)29-22-9-8-20(14-24(22)32(33)34)38(35,36)30-25-21-10-12-26-15-23(21)27-17-28-25/h3-9,14,17-18,26,29H,10-13,15-16H2,1-2H3,(H,27,28,30)/t18-/m1/s1. The molecule has 202 valence electrons. The van der Waals surface area contributed by atoms with Crippen molar-refractivity contribution >= 4 is 39.0 Å². The van der Waals surface area contributed by atoms with Crippen molar-refractivity contribution in [1.29, 1.82) is 0 Å². The summed E-state index contributed by atoms with van der Waals surface area (Å²) in [6.07, 6.45) is 2.63. The number of fused-ring (bicyclic) bond motifs is 1. The molecule has 38 heavy (non-hydrogen) atoms. The van der Waals surface area contributed by atoms with E-state index in [1.165, 1.54) is 18.5 Å². The van der Waals surface area contributed by atoms with Gasteiger partial charge in [0, 0.05) is 34.9 Å². The molecule has 1 atom stereocenters. The van der Waals surface area contributed by atoms with E-state index in [9.17, 15) is 18.5 Å². The Bertz CT molecular complexity index is 1370. The van der Waals surface area contributed by atoms with Gasteiger partial charge in [-0.15, -0.1) is 11.8 Å². The minimum Gasteiger partial charge on any atom is -0.376 e. The number of benzene rings is 2. The number of hydrogen-bond acceptors (Lipinski definition) is 10. The highest BCUT2D eigenvalue weighted by Crippen LogP contribution is 2.31. The Morgan fingerprint density at radius 2 is 1.97 bits per heavy atom. The molecule has 0 saturated heterocycles. The van der Waals surface area contributed by atoms with Crippen LogP contribution in [0.5, 0.6) is 0 Å². The van der Waals surface area contributed by atoms with Crippen molar-refractivity contribution in [3.63, 3.8) is 0 Å². The second kappa shape index (κ2) is 12.5. The van der Waals surface area contributed by atoms with Crippen LogP contribution < -0.4 is 15.4 Å². The fraction of sp³-hybridized carbons (Fsp3) is 0.360. The Labute approximate surface area is 226 Å². The fourth-order valence-corrected chi connectivity index (χ4v) is 6.11. The van der Waals surface area contributed by atoms with Gasteiger partial charge >= 0.3 is 0 Å². The molecule has 0 radical (unpaired) electrons. The monoisotopic (exact) mass is 557 g/mol. The number of nitro groups is 1. The van der Waals surface area contributed by atoms with Crippen molar-refractivity contribution in [3.8, 4) is 0 Å². The molecule has 2 aromatic carbocycles. The predicted octanol–water partition coefficient (Wildman–Crippen LogP) is 3.36. The highest BCUT2D eigenvalue weighted by Gasteiger charge is 2.25. The minimum atomic E-state index is -4.12. The molecular weight excluding hydrogens is 526 g/mol. The first-order chi connectivity index (χ1) is 18.2. The van der Waals surface area contributed by atoms with Crippen LogP contribution in [0.4, 0.5) is 17.2 Å². The zero-order valence-electron chi connectivity index (χ0n) is 21.3. The minimum absolute atomic E-state index is 0.0805. The van der Waals surface area contributed by atoms with Gasteiger partial charge in [0.25, 0.3) is 15.7 Å². The summed E-state index contributed by atoms with van der Waals surface area (Å²) < 4.78 is 28.9. The van der Waals surface area contributed by atoms with Crippen LogP contribution in [-0.4, -0.2) is 67.2 Å². The summed E-state index contributed by atoms with van der Waals surface area (Å²) in [5.74, 6) is 0.882. The summed E-state index contributed by atoms with van der Waals surface area (Å²) in [7, 11) is -0.171. The highest BCUT2D eigenvalue weighted by atomic mass is 32.2. The first kappa shape index (κ1) is 27.8. The van der Waals surface area contributed by atoms with Crippen LogP contribution in [-0.2, 0) is 23.0 Å². The Hall–Kier alpha value is -3.26. The van der Waals surface area contributed by atoms with Gasteiger partial charge in [-0.05, 0) is 64.3 Å². The molecule has 1 aliphatic heterocycles. The Morgan fingerprint density at radius 3 is 2.71 bits per heavy atom. The van der Waals surface area contributed by atoms with Gasteiger partial charge in [-0.3, -0.25) is 14.8 Å². The molecule has 2 heterocycles. The molecule has 0 saturated carbocycles. The lowest BCUT2D eigenvalue weighted by Crippen LogP contribution is -2.28. The van der Waals surface area contributed by atoms with E-state index in [1.54, 1.807) is 11.8 Å². The third-order valence-corrected chi connectivity index (χ3v) is 8.58. The molecule has 4 rings (SSSR count). The quantitative estimate of drug-likeness (QED) is 0.172. The molecule has 0 fully saturated rings. The zero-order valence-corrected chi connectivity index (χ0v) is 22.9. The molecule has 0 spiro atoms.